The lowest BCUT2D eigenvalue weighted by Crippen LogP contribution is -2.14. The molecule has 4 aromatic carbocycles. The van der Waals surface area contributed by atoms with E-state index < -0.39 is 10.0 Å². The lowest BCUT2D eigenvalue weighted by Gasteiger charge is -2.10. The van der Waals surface area contributed by atoms with E-state index in [-0.39, 0.29) is 10.8 Å². The Morgan fingerprint density at radius 2 is 1.27 bits per heavy atom. The molecule has 0 aliphatic rings. The minimum atomic E-state index is -3.67. The topological polar surface area (TPSA) is 75.3 Å². The Balaban J connectivity index is 1.34. The second kappa shape index (κ2) is 10.4. The first-order valence-corrected chi connectivity index (χ1v) is 12.7. The van der Waals surface area contributed by atoms with Gasteiger partial charge in [0.05, 0.1) is 4.90 Å². The van der Waals surface area contributed by atoms with Crippen LogP contribution in [0.2, 0.25) is 0 Å². The van der Waals surface area contributed by atoms with Gasteiger partial charge in [0, 0.05) is 27.6 Å². The summed E-state index contributed by atoms with van der Waals surface area (Å²) in [5.74, 6) is 0.581. The Labute approximate surface area is 197 Å². The molecule has 0 aromatic heterocycles. The highest BCUT2D eigenvalue weighted by atomic mass is 32.2. The van der Waals surface area contributed by atoms with Crippen LogP contribution in [0.3, 0.4) is 0 Å². The summed E-state index contributed by atoms with van der Waals surface area (Å²) in [7, 11) is -3.67. The van der Waals surface area contributed by atoms with Gasteiger partial charge >= 0.3 is 0 Å². The van der Waals surface area contributed by atoms with Crippen molar-refractivity contribution in [3.63, 3.8) is 0 Å². The summed E-state index contributed by atoms with van der Waals surface area (Å²) in [6, 6.07) is 32.4. The number of anilines is 2. The van der Waals surface area contributed by atoms with Crippen LogP contribution in [0.1, 0.15) is 15.9 Å². The Bertz CT molecular complexity index is 1310. The van der Waals surface area contributed by atoms with E-state index in [2.05, 4.69) is 22.2 Å². The van der Waals surface area contributed by atoms with E-state index in [0.717, 1.165) is 11.3 Å². The van der Waals surface area contributed by atoms with Gasteiger partial charge in [0.1, 0.15) is 0 Å². The van der Waals surface area contributed by atoms with Gasteiger partial charge in [-0.1, -0.05) is 48.5 Å². The van der Waals surface area contributed by atoms with Gasteiger partial charge in [-0.2, -0.15) is 0 Å². The van der Waals surface area contributed by atoms with Gasteiger partial charge in [-0.25, -0.2) is 8.42 Å². The Morgan fingerprint density at radius 1 is 0.697 bits per heavy atom. The Hall–Kier alpha value is -3.55. The monoisotopic (exact) mass is 474 g/mol. The van der Waals surface area contributed by atoms with Crippen LogP contribution in [0.15, 0.2) is 119 Å². The van der Waals surface area contributed by atoms with E-state index >= 15 is 0 Å². The fraction of sp³-hybridized carbons (Fsp3) is 0.0385. The molecular formula is C26H22N2O3S2. The van der Waals surface area contributed by atoms with Crippen molar-refractivity contribution in [3.05, 3.63) is 120 Å². The minimum absolute atomic E-state index is 0.178. The third-order valence-corrected chi connectivity index (χ3v) is 7.29. The van der Waals surface area contributed by atoms with Crippen molar-refractivity contribution >= 4 is 39.1 Å². The number of thioether (sulfide) groups is 1. The van der Waals surface area contributed by atoms with Crippen LogP contribution < -0.4 is 10.0 Å². The average Bonchev–Trinajstić information content (AvgIpc) is 2.85. The number of amides is 1. The molecule has 0 aliphatic heterocycles. The van der Waals surface area contributed by atoms with Crippen LogP contribution in [-0.2, 0) is 15.8 Å². The van der Waals surface area contributed by atoms with Crippen LogP contribution in [0.4, 0.5) is 11.4 Å². The zero-order chi connectivity index (χ0) is 23.1. The summed E-state index contributed by atoms with van der Waals surface area (Å²) in [5, 5.41) is 2.87. The summed E-state index contributed by atoms with van der Waals surface area (Å²) in [4.78, 5) is 14.0. The molecule has 7 heteroatoms. The molecule has 0 atom stereocenters. The summed E-state index contributed by atoms with van der Waals surface area (Å²) in [5.41, 5.74) is 2.68. The highest BCUT2D eigenvalue weighted by Crippen LogP contribution is 2.23. The third kappa shape index (κ3) is 6.25. The third-order valence-electron chi connectivity index (χ3n) is 4.81. The summed E-state index contributed by atoms with van der Waals surface area (Å²) >= 11 is 1.76. The van der Waals surface area contributed by atoms with Gasteiger partial charge in [-0.15, -0.1) is 11.8 Å². The molecule has 4 aromatic rings. The SMILES string of the molecule is O=C(Nc1ccc(CSc2ccccc2)cc1)c1ccc(NS(=O)(=O)c2ccccc2)cc1. The van der Waals surface area contributed by atoms with Crippen molar-refractivity contribution in [2.45, 2.75) is 15.5 Å². The maximum absolute atomic E-state index is 12.6. The van der Waals surface area contributed by atoms with Crippen LogP contribution in [0, 0.1) is 0 Å². The maximum atomic E-state index is 12.6. The average molecular weight is 475 g/mol. The molecule has 0 bridgehead atoms. The predicted molar refractivity (Wildman–Crippen MR) is 134 cm³/mol. The molecule has 0 aliphatic carbocycles. The second-order valence-electron chi connectivity index (χ2n) is 7.25. The van der Waals surface area contributed by atoms with Gasteiger partial charge < -0.3 is 5.32 Å². The van der Waals surface area contributed by atoms with E-state index in [1.165, 1.54) is 17.0 Å². The largest absolute Gasteiger partial charge is 0.322 e. The first kappa shape index (κ1) is 22.6. The van der Waals surface area contributed by atoms with Crippen molar-refractivity contribution in [2.24, 2.45) is 0 Å². The Kier molecular flexibility index (Phi) is 7.12. The number of hydrogen-bond donors (Lipinski definition) is 2. The van der Waals surface area contributed by atoms with Gasteiger partial charge in [0.15, 0.2) is 0 Å². The highest BCUT2D eigenvalue weighted by molar-refractivity contribution is 7.98. The number of nitrogens with one attached hydrogen (secondary N) is 2. The quantitative estimate of drug-likeness (QED) is 0.306. The van der Waals surface area contributed by atoms with Crippen molar-refractivity contribution in [1.29, 1.82) is 0 Å². The van der Waals surface area contributed by atoms with Gasteiger partial charge in [-0.05, 0) is 66.2 Å². The smallest absolute Gasteiger partial charge is 0.261 e. The minimum Gasteiger partial charge on any atom is -0.322 e. The molecule has 0 saturated carbocycles. The van der Waals surface area contributed by atoms with Crippen LogP contribution in [0.25, 0.3) is 0 Å². The molecule has 166 valence electrons. The van der Waals surface area contributed by atoms with Crippen molar-refractivity contribution in [2.75, 3.05) is 10.0 Å². The predicted octanol–water partition coefficient (Wildman–Crippen LogP) is 6.03. The molecule has 0 heterocycles. The molecule has 0 spiro atoms. The molecule has 4 rings (SSSR count). The standard InChI is InChI=1S/C26H22N2O3S2/c29-26(27-22-15-11-20(12-16-22)19-32-24-7-3-1-4-8-24)21-13-17-23(18-14-21)28-33(30,31)25-9-5-2-6-10-25/h1-18,28H,19H2,(H,27,29). The second-order valence-corrected chi connectivity index (χ2v) is 9.98. The molecule has 33 heavy (non-hydrogen) atoms. The fourth-order valence-electron chi connectivity index (χ4n) is 3.07. The van der Waals surface area contributed by atoms with Gasteiger partial charge in [0.2, 0.25) is 0 Å². The van der Waals surface area contributed by atoms with E-state index in [1.807, 2.05) is 42.5 Å². The van der Waals surface area contributed by atoms with Crippen LogP contribution in [0.5, 0.6) is 0 Å². The van der Waals surface area contributed by atoms with E-state index in [4.69, 9.17) is 0 Å². The number of rotatable bonds is 8. The highest BCUT2D eigenvalue weighted by Gasteiger charge is 2.14. The van der Waals surface area contributed by atoms with E-state index in [9.17, 15) is 13.2 Å². The van der Waals surface area contributed by atoms with E-state index in [0.29, 0.717) is 16.9 Å². The fourth-order valence-corrected chi connectivity index (χ4v) is 5.03. The Morgan fingerprint density at radius 3 is 1.91 bits per heavy atom. The molecule has 1 amide bonds. The number of carbonyl (C=O) groups excluding carboxylic acids is 1. The normalized spacial score (nSPS) is 11.0. The molecule has 0 fully saturated rings. The van der Waals surface area contributed by atoms with Crippen molar-refractivity contribution in [1.82, 2.24) is 0 Å². The molecule has 2 N–H and O–H groups in total. The molecule has 0 saturated heterocycles. The first-order valence-electron chi connectivity index (χ1n) is 10.3. The summed E-state index contributed by atoms with van der Waals surface area (Å²) in [6.07, 6.45) is 0. The zero-order valence-electron chi connectivity index (χ0n) is 17.6. The van der Waals surface area contributed by atoms with Gasteiger partial charge in [0.25, 0.3) is 15.9 Å². The molecule has 5 nitrogen and oxygen atoms in total. The first-order chi connectivity index (χ1) is 16.0. The summed E-state index contributed by atoms with van der Waals surface area (Å²) in [6.45, 7) is 0. The van der Waals surface area contributed by atoms with Crippen molar-refractivity contribution in [3.8, 4) is 0 Å². The van der Waals surface area contributed by atoms with Crippen LogP contribution >= 0.6 is 11.8 Å². The maximum Gasteiger partial charge on any atom is 0.261 e. The molecule has 0 radical (unpaired) electrons. The number of benzene rings is 4. The lowest BCUT2D eigenvalue weighted by atomic mass is 10.2. The number of sulfonamides is 1. The molecular weight excluding hydrogens is 452 g/mol. The van der Waals surface area contributed by atoms with Crippen LogP contribution in [-0.4, -0.2) is 14.3 Å². The van der Waals surface area contributed by atoms with E-state index in [1.54, 1.807) is 54.2 Å². The summed E-state index contributed by atoms with van der Waals surface area (Å²) < 4.78 is 27.4. The van der Waals surface area contributed by atoms with Gasteiger partial charge in [-0.3, -0.25) is 9.52 Å². The number of hydrogen-bond acceptors (Lipinski definition) is 4. The van der Waals surface area contributed by atoms with Crippen molar-refractivity contribution < 1.29 is 13.2 Å². The lowest BCUT2D eigenvalue weighted by molar-refractivity contribution is 0.102. The zero-order valence-corrected chi connectivity index (χ0v) is 19.3. The molecule has 0 unspecified atom stereocenters. The number of carbonyl (C=O) groups is 1.